The lowest BCUT2D eigenvalue weighted by Gasteiger charge is -2.21. The van der Waals surface area contributed by atoms with Crippen LogP contribution in [0.4, 0.5) is 10.1 Å². The highest BCUT2D eigenvalue weighted by atomic mass is 19.1. The molecule has 0 unspecified atom stereocenters. The van der Waals surface area contributed by atoms with Crippen LogP contribution in [0.2, 0.25) is 0 Å². The van der Waals surface area contributed by atoms with Gasteiger partial charge in [-0.15, -0.1) is 0 Å². The number of rotatable bonds is 8. The molecule has 1 aromatic rings. The molecule has 0 fully saturated rings. The number of benzene rings is 1. The second kappa shape index (κ2) is 9.07. The molecule has 0 bridgehead atoms. The average Bonchev–Trinajstić information content (AvgIpc) is 2.45. The van der Waals surface area contributed by atoms with E-state index >= 15 is 0 Å². The van der Waals surface area contributed by atoms with Gasteiger partial charge in [-0.25, -0.2) is 4.39 Å². The van der Waals surface area contributed by atoms with Gasteiger partial charge in [0.25, 0.3) is 0 Å². The summed E-state index contributed by atoms with van der Waals surface area (Å²) in [5.41, 5.74) is 0.192. The maximum absolute atomic E-state index is 13.7. The van der Waals surface area contributed by atoms with E-state index in [1.807, 2.05) is 0 Å². The number of nitrogens with zero attached hydrogens (tertiary/aromatic N) is 1. The zero-order valence-electron chi connectivity index (χ0n) is 12.4. The fourth-order valence-electron chi connectivity index (χ4n) is 1.86. The van der Waals surface area contributed by atoms with Crippen molar-refractivity contribution in [1.82, 2.24) is 5.32 Å². The molecule has 0 spiro atoms. The number of para-hydroxylation sites is 1. The maximum Gasteiger partial charge on any atom is 0.223 e. The summed E-state index contributed by atoms with van der Waals surface area (Å²) in [5.74, 6) is -0.950. The highest BCUT2D eigenvalue weighted by molar-refractivity contribution is 5.92. The van der Waals surface area contributed by atoms with Crippen molar-refractivity contribution in [2.45, 2.75) is 19.8 Å². The molecule has 0 saturated carbocycles. The van der Waals surface area contributed by atoms with Crippen LogP contribution in [0.15, 0.2) is 24.3 Å². The van der Waals surface area contributed by atoms with Gasteiger partial charge >= 0.3 is 0 Å². The van der Waals surface area contributed by atoms with Crippen molar-refractivity contribution in [3.05, 3.63) is 30.1 Å². The van der Waals surface area contributed by atoms with E-state index in [0.29, 0.717) is 13.2 Å². The topological polar surface area (TPSA) is 58.6 Å². The van der Waals surface area contributed by atoms with Crippen LogP contribution < -0.4 is 10.2 Å². The van der Waals surface area contributed by atoms with Crippen molar-refractivity contribution in [2.75, 3.05) is 31.7 Å². The van der Waals surface area contributed by atoms with Gasteiger partial charge in [0, 0.05) is 40.2 Å². The molecule has 0 atom stereocenters. The molecule has 1 N–H and O–H groups in total. The van der Waals surface area contributed by atoms with E-state index in [0.717, 1.165) is 6.42 Å². The summed E-state index contributed by atoms with van der Waals surface area (Å²) < 4.78 is 18.6. The predicted molar refractivity (Wildman–Crippen MR) is 78.5 cm³/mol. The average molecular weight is 296 g/mol. The second-order valence-electron chi connectivity index (χ2n) is 4.57. The first-order chi connectivity index (χ1) is 10.1. The predicted octanol–water partition coefficient (Wildman–Crippen LogP) is 1.72. The summed E-state index contributed by atoms with van der Waals surface area (Å²) in [4.78, 5) is 24.6. The molecule has 0 aliphatic heterocycles. The van der Waals surface area contributed by atoms with Gasteiger partial charge in [0.2, 0.25) is 11.8 Å². The molecule has 6 heteroatoms. The number of hydrogen-bond acceptors (Lipinski definition) is 3. The van der Waals surface area contributed by atoms with Crippen LogP contribution in [0.1, 0.15) is 19.8 Å². The zero-order valence-corrected chi connectivity index (χ0v) is 12.4. The Morgan fingerprint density at radius 3 is 2.67 bits per heavy atom. The summed E-state index contributed by atoms with van der Waals surface area (Å²) in [7, 11) is 1.60. The molecule has 1 aromatic carbocycles. The van der Waals surface area contributed by atoms with Crippen molar-refractivity contribution < 1.29 is 18.7 Å². The molecule has 0 heterocycles. The van der Waals surface area contributed by atoms with E-state index in [9.17, 15) is 14.0 Å². The fraction of sp³-hybridized carbons (Fsp3) is 0.467. The Hall–Kier alpha value is -1.95. The smallest absolute Gasteiger partial charge is 0.223 e. The van der Waals surface area contributed by atoms with Crippen molar-refractivity contribution in [1.29, 1.82) is 0 Å². The Balaban J connectivity index is 2.51. The van der Waals surface area contributed by atoms with Gasteiger partial charge in [-0.05, 0) is 18.6 Å². The number of anilines is 1. The standard InChI is InChI=1S/C15H21FN2O3/c1-12(19)18(14-7-4-3-6-13(14)16)10-8-15(20)17-9-5-11-21-2/h3-4,6-7H,5,8-11H2,1-2H3,(H,17,20). The van der Waals surface area contributed by atoms with Crippen LogP contribution in [-0.2, 0) is 14.3 Å². The van der Waals surface area contributed by atoms with Crippen LogP contribution in [0.3, 0.4) is 0 Å². The number of hydrogen-bond donors (Lipinski definition) is 1. The van der Waals surface area contributed by atoms with E-state index in [2.05, 4.69) is 5.32 Å². The van der Waals surface area contributed by atoms with Gasteiger partial charge in [-0.1, -0.05) is 12.1 Å². The first-order valence-electron chi connectivity index (χ1n) is 6.84. The number of halogens is 1. The Morgan fingerprint density at radius 1 is 1.33 bits per heavy atom. The molecule has 116 valence electrons. The first kappa shape index (κ1) is 17.1. The highest BCUT2D eigenvalue weighted by Crippen LogP contribution is 2.18. The summed E-state index contributed by atoms with van der Waals surface area (Å²) in [6, 6.07) is 6.02. The Bertz CT molecular complexity index is 480. The van der Waals surface area contributed by atoms with Crippen LogP contribution in [-0.4, -0.2) is 38.6 Å². The Morgan fingerprint density at radius 2 is 2.05 bits per heavy atom. The van der Waals surface area contributed by atoms with Gasteiger partial charge in [0.15, 0.2) is 0 Å². The normalized spacial score (nSPS) is 10.2. The van der Waals surface area contributed by atoms with Crippen LogP contribution in [0.5, 0.6) is 0 Å². The summed E-state index contributed by atoms with van der Waals surface area (Å²) in [6.07, 6.45) is 0.854. The van der Waals surface area contributed by atoms with E-state index < -0.39 is 5.82 Å². The van der Waals surface area contributed by atoms with Gasteiger partial charge in [-0.2, -0.15) is 0 Å². The number of nitrogens with one attached hydrogen (secondary N) is 1. The molecule has 0 aromatic heterocycles. The minimum Gasteiger partial charge on any atom is -0.385 e. The Kier molecular flexibility index (Phi) is 7.39. The molecular weight excluding hydrogens is 275 g/mol. The number of methoxy groups -OCH3 is 1. The summed E-state index contributed by atoms with van der Waals surface area (Å²) in [6.45, 7) is 2.59. The third-order valence-electron chi connectivity index (χ3n) is 2.93. The third kappa shape index (κ3) is 5.91. The lowest BCUT2D eigenvalue weighted by molar-refractivity contribution is -0.121. The second-order valence-corrected chi connectivity index (χ2v) is 4.57. The van der Waals surface area contributed by atoms with E-state index in [-0.39, 0.29) is 30.5 Å². The maximum atomic E-state index is 13.7. The monoisotopic (exact) mass is 296 g/mol. The first-order valence-corrected chi connectivity index (χ1v) is 6.84. The molecular formula is C15H21FN2O3. The lowest BCUT2D eigenvalue weighted by Crippen LogP contribution is -2.34. The summed E-state index contributed by atoms with van der Waals surface area (Å²) >= 11 is 0. The van der Waals surface area contributed by atoms with Gasteiger partial charge in [-0.3, -0.25) is 9.59 Å². The van der Waals surface area contributed by atoms with Gasteiger partial charge < -0.3 is 15.0 Å². The van der Waals surface area contributed by atoms with Crippen molar-refractivity contribution >= 4 is 17.5 Å². The number of amides is 2. The van der Waals surface area contributed by atoms with E-state index in [1.54, 1.807) is 19.2 Å². The molecule has 0 saturated heterocycles. The SMILES string of the molecule is COCCCNC(=O)CCN(C(C)=O)c1ccccc1F. The zero-order chi connectivity index (χ0) is 15.7. The third-order valence-corrected chi connectivity index (χ3v) is 2.93. The highest BCUT2D eigenvalue weighted by Gasteiger charge is 2.16. The lowest BCUT2D eigenvalue weighted by atomic mass is 10.2. The number of carbonyl (C=O) groups excluding carboxylic acids is 2. The quantitative estimate of drug-likeness (QED) is 0.743. The van der Waals surface area contributed by atoms with Crippen LogP contribution >= 0.6 is 0 Å². The summed E-state index contributed by atoms with van der Waals surface area (Å²) in [5, 5.41) is 2.73. The molecule has 5 nitrogen and oxygen atoms in total. The van der Waals surface area contributed by atoms with Crippen LogP contribution in [0.25, 0.3) is 0 Å². The van der Waals surface area contributed by atoms with E-state index in [4.69, 9.17) is 4.74 Å². The molecule has 2 amide bonds. The molecule has 0 radical (unpaired) electrons. The largest absolute Gasteiger partial charge is 0.385 e. The molecule has 1 rings (SSSR count). The molecule has 0 aliphatic carbocycles. The van der Waals surface area contributed by atoms with Crippen molar-refractivity contribution in [2.24, 2.45) is 0 Å². The molecule has 21 heavy (non-hydrogen) atoms. The number of carbonyl (C=O) groups is 2. The number of ether oxygens (including phenoxy) is 1. The van der Waals surface area contributed by atoms with E-state index in [1.165, 1.54) is 24.0 Å². The van der Waals surface area contributed by atoms with Gasteiger partial charge in [0.1, 0.15) is 5.82 Å². The minimum atomic E-state index is -0.479. The van der Waals surface area contributed by atoms with Gasteiger partial charge in [0.05, 0.1) is 5.69 Å². The van der Waals surface area contributed by atoms with Crippen molar-refractivity contribution in [3.8, 4) is 0 Å². The fourth-order valence-corrected chi connectivity index (χ4v) is 1.86. The van der Waals surface area contributed by atoms with Crippen LogP contribution in [0, 0.1) is 5.82 Å². The Labute approximate surface area is 124 Å². The minimum absolute atomic E-state index is 0.126. The van der Waals surface area contributed by atoms with Crippen molar-refractivity contribution in [3.63, 3.8) is 0 Å². The molecule has 0 aliphatic rings.